The Morgan fingerprint density at radius 1 is 1.17 bits per heavy atom. The van der Waals surface area contributed by atoms with Crippen molar-refractivity contribution in [1.29, 1.82) is 0 Å². The molecule has 1 aromatic carbocycles. The van der Waals surface area contributed by atoms with E-state index in [1.54, 1.807) is 30.5 Å². The number of benzene rings is 1. The fraction of sp³-hybridized carbons (Fsp3) is 0.333. The van der Waals surface area contributed by atoms with Crippen LogP contribution in [-0.2, 0) is 17.3 Å². The van der Waals surface area contributed by atoms with E-state index in [1.807, 2.05) is 18.3 Å². The van der Waals surface area contributed by atoms with Crippen molar-refractivity contribution in [3.63, 3.8) is 0 Å². The lowest BCUT2D eigenvalue weighted by molar-refractivity contribution is 0.0951. The first kappa shape index (κ1) is 16.6. The number of anilines is 1. The molecule has 6 heteroatoms. The van der Waals surface area contributed by atoms with Crippen LogP contribution < -0.4 is 10.2 Å². The molecule has 0 aliphatic carbocycles. The van der Waals surface area contributed by atoms with Gasteiger partial charge < -0.3 is 10.2 Å². The summed E-state index contributed by atoms with van der Waals surface area (Å²) in [5.74, 6) is 0.859. The highest BCUT2D eigenvalue weighted by Crippen LogP contribution is 2.17. The lowest BCUT2D eigenvalue weighted by Crippen LogP contribution is -2.23. The molecule has 1 aromatic heterocycles. The maximum absolute atomic E-state index is 12.2. The molecule has 126 valence electrons. The van der Waals surface area contributed by atoms with Gasteiger partial charge in [0.2, 0.25) is 0 Å². The summed E-state index contributed by atoms with van der Waals surface area (Å²) < 4.78 is 11.4. The first-order valence-electron chi connectivity index (χ1n) is 8.05. The molecule has 1 N–H and O–H groups in total. The molecular formula is C18H21N3O2S. The van der Waals surface area contributed by atoms with Gasteiger partial charge in [-0.1, -0.05) is 6.07 Å². The van der Waals surface area contributed by atoms with Gasteiger partial charge in [0.1, 0.15) is 5.82 Å². The van der Waals surface area contributed by atoms with E-state index >= 15 is 0 Å². The predicted molar refractivity (Wildman–Crippen MR) is 95.6 cm³/mol. The monoisotopic (exact) mass is 343 g/mol. The van der Waals surface area contributed by atoms with Crippen LogP contribution >= 0.6 is 0 Å². The van der Waals surface area contributed by atoms with Crippen LogP contribution in [0.5, 0.6) is 0 Å². The Hall–Kier alpha value is -2.21. The molecule has 1 aliphatic heterocycles. The summed E-state index contributed by atoms with van der Waals surface area (Å²) in [4.78, 5) is 19.6. The van der Waals surface area contributed by atoms with Gasteiger partial charge in [0, 0.05) is 53.3 Å². The normalized spacial score (nSPS) is 15.3. The summed E-state index contributed by atoms with van der Waals surface area (Å²) in [5, 5.41) is 2.88. The lowest BCUT2D eigenvalue weighted by atomic mass is 10.2. The molecule has 1 fully saturated rings. The van der Waals surface area contributed by atoms with E-state index < -0.39 is 10.8 Å². The van der Waals surface area contributed by atoms with Crippen molar-refractivity contribution in [3.8, 4) is 0 Å². The minimum atomic E-state index is -1.03. The zero-order valence-corrected chi connectivity index (χ0v) is 14.5. The standard InChI is InChI=1S/C18H21N3O2S/c1-24(23)16-7-5-15(6-8-16)18(22)20-13-14-4-9-17(19-12-14)21-10-2-3-11-21/h4-9,12H,2-3,10-11,13H2,1H3,(H,20,22)/t24-/m1/s1. The SMILES string of the molecule is C[S@@](=O)c1ccc(C(=O)NCc2ccc(N3CCCC3)nc2)cc1. The number of rotatable bonds is 5. The first-order valence-corrected chi connectivity index (χ1v) is 9.61. The Morgan fingerprint density at radius 3 is 2.46 bits per heavy atom. The average Bonchev–Trinajstić information content (AvgIpc) is 3.15. The van der Waals surface area contributed by atoms with Crippen LogP contribution in [-0.4, -0.2) is 34.4 Å². The van der Waals surface area contributed by atoms with Crippen LogP contribution in [0.1, 0.15) is 28.8 Å². The molecular weight excluding hydrogens is 322 g/mol. The highest BCUT2D eigenvalue weighted by atomic mass is 32.2. The Labute approximate surface area is 144 Å². The zero-order valence-electron chi connectivity index (χ0n) is 13.7. The third kappa shape index (κ3) is 4.00. The minimum absolute atomic E-state index is 0.146. The Kier molecular flexibility index (Phi) is 5.25. The van der Waals surface area contributed by atoms with Gasteiger partial charge in [0.05, 0.1) is 0 Å². The second kappa shape index (κ2) is 7.57. The highest BCUT2D eigenvalue weighted by Gasteiger charge is 2.13. The van der Waals surface area contributed by atoms with Gasteiger partial charge in [-0.15, -0.1) is 0 Å². The number of nitrogens with one attached hydrogen (secondary N) is 1. The number of pyridine rings is 1. The van der Waals surface area contributed by atoms with E-state index in [-0.39, 0.29) is 5.91 Å². The molecule has 1 amide bonds. The quantitative estimate of drug-likeness (QED) is 0.905. The molecule has 1 atom stereocenters. The summed E-state index contributed by atoms with van der Waals surface area (Å²) in [6, 6.07) is 10.8. The van der Waals surface area contributed by atoms with Crippen molar-refractivity contribution < 1.29 is 9.00 Å². The van der Waals surface area contributed by atoms with E-state index in [0.29, 0.717) is 17.0 Å². The summed E-state index contributed by atoms with van der Waals surface area (Å²) in [5.41, 5.74) is 1.53. The Morgan fingerprint density at radius 2 is 1.88 bits per heavy atom. The molecule has 1 saturated heterocycles. The minimum Gasteiger partial charge on any atom is -0.357 e. The summed E-state index contributed by atoms with van der Waals surface area (Å²) in [6.07, 6.45) is 5.89. The summed E-state index contributed by atoms with van der Waals surface area (Å²) >= 11 is 0. The second-order valence-electron chi connectivity index (χ2n) is 5.88. The molecule has 2 aromatic rings. The van der Waals surface area contributed by atoms with Gasteiger partial charge in [-0.05, 0) is 48.7 Å². The zero-order chi connectivity index (χ0) is 16.9. The number of hydrogen-bond acceptors (Lipinski definition) is 4. The van der Waals surface area contributed by atoms with Crippen molar-refractivity contribution in [2.45, 2.75) is 24.3 Å². The maximum Gasteiger partial charge on any atom is 0.251 e. The Balaban J connectivity index is 1.56. The molecule has 2 heterocycles. The maximum atomic E-state index is 12.2. The van der Waals surface area contributed by atoms with Gasteiger partial charge >= 0.3 is 0 Å². The molecule has 5 nitrogen and oxygen atoms in total. The largest absolute Gasteiger partial charge is 0.357 e. The molecule has 0 spiro atoms. The second-order valence-corrected chi connectivity index (χ2v) is 7.26. The fourth-order valence-corrected chi connectivity index (χ4v) is 3.26. The number of carbonyl (C=O) groups is 1. The van der Waals surface area contributed by atoms with Gasteiger partial charge in [-0.2, -0.15) is 0 Å². The topological polar surface area (TPSA) is 62.3 Å². The molecule has 24 heavy (non-hydrogen) atoms. The molecule has 1 aliphatic rings. The number of carbonyl (C=O) groups excluding carboxylic acids is 1. The van der Waals surface area contributed by atoms with Gasteiger partial charge in [-0.3, -0.25) is 9.00 Å². The fourth-order valence-electron chi connectivity index (χ4n) is 2.74. The van der Waals surface area contributed by atoms with Crippen LogP contribution in [0, 0.1) is 0 Å². The van der Waals surface area contributed by atoms with Crippen LogP contribution in [0.2, 0.25) is 0 Å². The van der Waals surface area contributed by atoms with E-state index in [2.05, 4.69) is 15.2 Å². The number of aromatic nitrogens is 1. The van der Waals surface area contributed by atoms with E-state index in [0.717, 1.165) is 24.5 Å². The van der Waals surface area contributed by atoms with Crippen molar-refractivity contribution in [1.82, 2.24) is 10.3 Å². The number of amides is 1. The average molecular weight is 343 g/mol. The van der Waals surface area contributed by atoms with Crippen LogP contribution in [0.3, 0.4) is 0 Å². The molecule has 0 saturated carbocycles. The van der Waals surface area contributed by atoms with Gasteiger partial charge in [-0.25, -0.2) is 4.98 Å². The van der Waals surface area contributed by atoms with E-state index in [9.17, 15) is 9.00 Å². The molecule has 0 bridgehead atoms. The van der Waals surface area contributed by atoms with E-state index in [1.165, 1.54) is 12.8 Å². The summed E-state index contributed by atoms with van der Waals surface area (Å²) in [7, 11) is -1.03. The van der Waals surface area contributed by atoms with Crippen molar-refractivity contribution in [2.75, 3.05) is 24.2 Å². The van der Waals surface area contributed by atoms with Crippen molar-refractivity contribution in [3.05, 3.63) is 53.7 Å². The number of nitrogens with zero attached hydrogens (tertiary/aromatic N) is 2. The smallest absolute Gasteiger partial charge is 0.251 e. The third-order valence-corrected chi connectivity index (χ3v) is 5.08. The first-order chi connectivity index (χ1) is 11.6. The molecule has 0 radical (unpaired) electrons. The van der Waals surface area contributed by atoms with Crippen LogP contribution in [0.15, 0.2) is 47.5 Å². The summed E-state index contributed by atoms with van der Waals surface area (Å²) in [6.45, 7) is 2.58. The van der Waals surface area contributed by atoms with Crippen molar-refractivity contribution >= 4 is 22.5 Å². The number of hydrogen-bond donors (Lipinski definition) is 1. The molecule has 0 unspecified atom stereocenters. The van der Waals surface area contributed by atoms with E-state index in [4.69, 9.17) is 0 Å². The van der Waals surface area contributed by atoms with Gasteiger partial charge in [0.15, 0.2) is 0 Å². The van der Waals surface area contributed by atoms with Crippen molar-refractivity contribution in [2.24, 2.45) is 0 Å². The predicted octanol–water partition coefficient (Wildman–Crippen LogP) is 2.35. The lowest BCUT2D eigenvalue weighted by Gasteiger charge is -2.16. The highest BCUT2D eigenvalue weighted by molar-refractivity contribution is 7.84. The van der Waals surface area contributed by atoms with Crippen LogP contribution in [0.25, 0.3) is 0 Å². The Bertz CT molecular complexity index is 723. The third-order valence-electron chi connectivity index (χ3n) is 4.14. The van der Waals surface area contributed by atoms with Crippen LogP contribution in [0.4, 0.5) is 5.82 Å². The molecule has 3 rings (SSSR count). The van der Waals surface area contributed by atoms with Gasteiger partial charge in [0.25, 0.3) is 5.91 Å².